The van der Waals surface area contributed by atoms with Gasteiger partial charge >= 0.3 is 6.09 Å². The van der Waals surface area contributed by atoms with Crippen LogP contribution in [0.15, 0.2) is 42.5 Å². The minimum Gasteiger partial charge on any atom is -0.485 e. The lowest BCUT2D eigenvalue weighted by molar-refractivity contribution is 0.0820. The molecule has 1 amide bonds. The van der Waals surface area contributed by atoms with Crippen LogP contribution >= 0.6 is 0 Å². The van der Waals surface area contributed by atoms with Crippen molar-refractivity contribution in [1.29, 1.82) is 0 Å². The molecule has 2 aromatic carbocycles. The van der Waals surface area contributed by atoms with Crippen molar-refractivity contribution in [3.8, 4) is 5.75 Å². The Morgan fingerprint density at radius 3 is 2.78 bits per heavy atom. The summed E-state index contributed by atoms with van der Waals surface area (Å²) < 4.78 is 48.3. The van der Waals surface area contributed by atoms with Crippen molar-refractivity contribution >= 4 is 17.5 Å². The van der Waals surface area contributed by atoms with Crippen molar-refractivity contribution in [2.75, 3.05) is 30.0 Å². The Morgan fingerprint density at radius 1 is 1.26 bits per heavy atom. The van der Waals surface area contributed by atoms with Crippen LogP contribution in [0.5, 0.6) is 5.75 Å². The van der Waals surface area contributed by atoms with Gasteiger partial charge in [-0.05, 0) is 36.8 Å². The van der Waals surface area contributed by atoms with E-state index >= 15 is 0 Å². The molecular weight excluding hydrogens is 361 g/mol. The Morgan fingerprint density at radius 2 is 2.07 bits per heavy atom. The Balaban J connectivity index is 1.77. The van der Waals surface area contributed by atoms with Gasteiger partial charge in [-0.2, -0.15) is 0 Å². The third kappa shape index (κ3) is 4.64. The molecule has 144 valence electrons. The van der Waals surface area contributed by atoms with Crippen molar-refractivity contribution in [2.24, 2.45) is 0 Å². The van der Waals surface area contributed by atoms with Crippen LogP contribution in [0.1, 0.15) is 18.5 Å². The Kier molecular flexibility index (Phi) is 5.73. The smallest absolute Gasteiger partial charge is 0.414 e. The minimum atomic E-state index is -2.66. The number of hydrogen-bond donors (Lipinski definition) is 1. The zero-order valence-corrected chi connectivity index (χ0v) is 14.6. The number of hydrogen-bond acceptors (Lipinski definition) is 4. The molecule has 0 aliphatic carbocycles. The van der Waals surface area contributed by atoms with Crippen molar-refractivity contribution < 1.29 is 27.4 Å². The fraction of sp³-hybridized carbons (Fsp3) is 0.316. The van der Waals surface area contributed by atoms with Crippen LogP contribution in [0.2, 0.25) is 0 Å². The summed E-state index contributed by atoms with van der Waals surface area (Å²) in [5, 5.41) is 3.14. The number of nitrogens with one attached hydrogen (secondary N) is 1. The average Bonchev–Trinajstić information content (AvgIpc) is 3.08. The van der Waals surface area contributed by atoms with Gasteiger partial charge < -0.3 is 14.8 Å². The van der Waals surface area contributed by atoms with Gasteiger partial charge in [0.2, 0.25) is 0 Å². The Labute approximate surface area is 154 Å². The summed E-state index contributed by atoms with van der Waals surface area (Å²) in [4.78, 5) is 13.3. The molecule has 8 heteroatoms. The molecule has 0 spiro atoms. The van der Waals surface area contributed by atoms with Crippen LogP contribution in [0.25, 0.3) is 0 Å². The fourth-order valence-corrected chi connectivity index (χ4v) is 2.79. The molecule has 1 unspecified atom stereocenters. The quantitative estimate of drug-likeness (QED) is 0.763. The van der Waals surface area contributed by atoms with Crippen LogP contribution in [-0.2, 0) is 4.74 Å². The van der Waals surface area contributed by atoms with Crippen LogP contribution in [-0.4, -0.2) is 32.3 Å². The van der Waals surface area contributed by atoms with Gasteiger partial charge in [0.1, 0.15) is 24.8 Å². The summed E-state index contributed by atoms with van der Waals surface area (Å²) in [7, 11) is 0. The number of nitrogens with zero attached hydrogens (tertiary/aromatic N) is 1. The monoisotopic (exact) mass is 380 g/mol. The summed E-state index contributed by atoms with van der Waals surface area (Å²) in [6.07, 6.45) is -3.05. The van der Waals surface area contributed by atoms with Gasteiger partial charge in [-0.1, -0.05) is 12.1 Å². The van der Waals surface area contributed by atoms with Gasteiger partial charge in [-0.3, -0.25) is 4.90 Å². The van der Waals surface area contributed by atoms with E-state index in [9.17, 15) is 18.0 Å². The van der Waals surface area contributed by atoms with Crippen molar-refractivity contribution in [3.05, 3.63) is 53.8 Å². The number of rotatable bonds is 7. The molecule has 1 aliphatic heterocycles. The first-order valence-corrected chi connectivity index (χ1v) is 8.45. The van der Waals surface area contributed by atoms with E-state index < -0.39 is 24.9 Å². The first kappa shape index (κ1) is 18.9. The summed E-state index contributed by atoms with van der Waals surface area (Å²) in [6.45, 7) is 1.87. The zero-order valence-electron chi connectivity index (χ0n) is 14.6. The van der Waals surface area contributed by atoms with Gasteiger partial charge in [0.05, 0.1) is 12.2 Å². The SMILES string of the molecule is CC(Nc1ccc(F)cc1OCC(F)F)c1cccc(N2CCOC2=O)c1. The minimum absolute atomic E-state index is 0.0152. The molecule has 1 N–H and O–H groups in total. The molecule has 0 radical (unpaired) electrons. The maximum Gasteiger partial charge on any atom is 0.414 e. The summed E-state index contributed by atoms with van der Waals surface area (Å²) >= 11 is 0. The Hall–Kier alpha value is -2.90. The maximum atomic E-state index is 13.4. The highest BCUT2D eigenvalue weighted by Crippen LogP contribution is 2.31. The number of ether oxygens (including phenoxy) is 2. The predicted octanol–water partition coefficient (Wildman–Crippen LogP) is 4.60. The summed E-state index contributed by atoms with van der Waals surface area (Å²) in [5.74, 6) is -0.562. The molecule has 0 aromatic heterocycles. The molecule has 1 atom stereocenters. The zero-order chi connectivity index (χ0) is 19.4. The number of anilines is 2. The summed E-state index contributed by atoms with van der Waals surface area (Å²) in [6, 6.07) is 10.8. The number of benzene rings is 2. The topological polar surface area (TPSA) is 50.8 Å². The standard InChI is InChI=1S/C19H19F3N2O3/c1-12(13-3-2-4-15(9-13)24-7-8-26-19(24)25)23-16-6-5-14(20)10-17(16)27-11-18(21)22/h2-6,9-10,12,18,23H,7-8,11H2,1H3. The molecule has 0 saturated carbocycles. The highest BCUT2D eigenvalue weighted by atomic mass is 19.3. The van der Waals surface area contributed by atoms with E-state index in [1.165, 1.54) is 17.0 Å². The highest BCUT2D eigenvalue weighted by Gasteiger charge is 2.24. The van der Waals surface area contributed by atoms with Crippen molar-refractivity contribution in [2.45, 2.75) is 19.4 Å². The molecule has 1 fully saturated rings. The second-order valence-corrected chi connectivity index (χ2v) is 6.07. The van der Waals surface area contributed by atoms with Gasteiger partial charge in [0, 0.05) is 17.8 Å². The maximum absolute atomic E-state index is 13.4. The fourth-order valence-electron chi connectivity index (χ4n) is 2.79. The van der Waals surface area contributed by atoms with E-state index in [4.69, 9.17) is 9.47 Å². The lowest BCUT2D eigenvalue weighted by atomic mass is 10.1. The van der Waals surface area contributed by atoms with E-state index in [1.54, 1.807) is 6.07 Å². The van der Waals surface area contributed by atoms with Crippen molar-refractivity contribution in [1.82, 2.24) is 0 Å². The van der Waals surface area contributed by atoms with Crippen LogP contribution in [0.4, 0.5) is 29.3 Å². The third-order valence-corrected chi connectivity index (χ3v) is 4.12. The number of amides is 1. The molecule has 0 bridgehead atoms. The summed E-state index contributed by atoms with van der Waals surface area (Å²) in [5.41, 5.74) is 1.96. The molecule has 27 heavy (non-hydrogen) atoms. The van der Waals surface area contributed by atoms with Crippen LogP contribution in [0.3, 0.4) is 0 Å². The highest BCUT2D eigenvalue weighted by molar-refractivity contribution is 5.89. The molecule has 1 heterocycles. The second-order valence-electron chi connectivity index (χ2n) is 6.07. The molecule has 3 rings (SSSR count). The number of halogens is 3. The largest absolute Gasteiger partial charge is 0.485 e. The van der Waals surface area contributed by atoms with Gasteiger partial charge in [0.25, 0.3) is 6.43 Å². The third-order valence-electron chi connectivity index (χ3n) is 4.12. The van der Waals surface area contributed by atoms with E-state index in [1.807, 2.05) is 25.1 Å². The molecule has 1 aliphatic rings. The van der Waals surface area contributed by atoms with Gasteiger partial charge in [0.15, 0.2) is 0 Å². The normalized spacial score (nSPS) is 15.0. The number of carbonyl (C=O) groups is 1. The van der Waals surface area contributed by atoms with Gasteiger partial charge in [-0.25, -0.2) is 18.0 Å². The van der Waals surface area contributed by atoms with E-state index in [0.29, 0.717) is 24.5 Å². The van der Waals surface area contributed by atoms with Gasteiger partial charge in [-0.15, -0.1) is 0 Å². The predicted molar refractivity (Wildman–Crippen MR) is 95.1 cm³/mol. The average molecular weight is 380 g/mol. The first-order valence-electron chi connectivity index (χ1n) is 8.45. The number of cyclic esters (lactones) is 1. The number of carbonyl (C=O) groups excluding carboxylic acids is 1. The Bertz CT molecular complexity index is 817. The molecule has 5 nitrogen and oxygen atoms in total. The van der Waals surface area contributed by atoms with Crippen LogP contribution in [0, 0.1) is 5.82 Å². The molecule has 2 aromatic rings. The molecule has 1 saturated heterocycles. The van der Waals surface area contributed by atoms with E-state index in [0.717, 1.165) is 11.6 Å². The molecular formula is C19H19F3N2O3. The van der Waals surface area contributed by atoms with Crippen LogP contribution < -0.4 is 15.0 Å². The van der Waals surface area contributed by atoms with Crippen molar-refractivity contribution in [3.63, 3.8) is 0 Å². The van der Waals surface area contributed by atoms with E-state index in [-0.39, 0.29) is 11.8 Å². The number of alkyl halides is 2. The first-order chi connectivity index (χ1) is 12.9. The lowest BCUT2D eigenvalue weighted by Crippen LogP contribution is -2.23. The lowest BCUT2D eigenvalue weighted by Gasteiger charge is -2.20. The van der Waals surface area contributed by atoms with E-state index in [2.05, 4.69) is 5.32 Å². The second kappa shape index (κ2) is 8.20.